The molecule has 0 spiro atoms. The van der Waals surface area contributed by atoms with Crippen LogP contribution in [-0.4, -0.2) is 8.32 Å². The third kappa shape index (κ3) is 3.70. The maximum Gasteiger partial charge on any atom is 0.241 e. The van der Waals surface area contributed by atoms with Crippen molar-refractivity contribution in [2.45, 2.75) is 45.8 Å². The molecule has 0 radical (unpaired) electrons. The summed E-state index contributed by atoms with van der Waals surface area (Å²) >= 11 is 0. The van der Waals surface area contributed by atoms with Crippen LogP contribution in [0, 0.1) is 5.92 Å². The van der Waals surface area contributed by atoms with Crippen molar-refractivity contribution in [2.75, 3.05) is 0 Å². The van der Waals surface area contributed by atoms with Crippen LogP contribution in [0.25, 0.3) is 0 Å². The fourth-order valence-corrected chi connectivity index (χ4v) is 2.69. The van der Waals surface area contributed by atoms with Crippen molar-refractivity contribution in [3.8, 4) is 0 Å². The predicted octanol–water partition coefficient (Wildman–Crippen LogP) is 4.10. The maximum atomic E-state index is 5.93. The Morgan fingerprint density at radius 3 is 2.57 bits per heavy atom. The smallest absolute Gasteiger partial charge is 0.241 e. The molecule has 1 rings (SSSR count). The summed E-state index contributed by atoms with van der Waals surface area (Å²) in [5, 5.41) is 0. The second-order valence-electron chi connectivity index (χ2n) is 5.20. The predicted molar refractivity (Wildman–Crippen MR) is 64.7 cm³/mol. The minimum atomic E-state index is -1.44. The summed E-state index contributed by atoms with van der Waals surface area (Å²) in [6.45, 7) is 12.9. The Labute approximate surface area is 89.0 Å². The lowest BCUT2D eigenvalue weighted by atomic mass is 9.89. The monoisotopic (exact) mass is 210 g/mol. The number of hydrogen-bond donors (Lipinski definition) is 0. The molecule has 0 aromatic heterocycles. The largest absolute Gasteiger partial charge is 0.548 e. The van der Waals surface area contributed by atoms with Gasteiger partial charge >= 0.3 is 0 Å². The Hall–Kier alpha value is -0.503. The zero-order valence-corrected chi connectivity index (χ0v) is 10.9. The second-order valence-corrected chi connectivity index (χ2v) is 9.63. The van der Waals surface area contributed by atoms with Crippen molar-refractivity contribution >= 4 is 8.32 Å². The summed E-state index contributed by atoms with van der Waals surface area (Å²) in [5.74, 6) is 1.58. The first kappa shape index (κ1) is 11.6. The highest BCUT2D eigenvalue weighted by molar-refractivity contribution is 6.70. The summed E-state index contributed by atoms with van der Waals surface area (Å²) in [4.78, 5) is 0. The van der Waals surface area contributed by atoms with Gasteiger partial charge in [0.15, 0.2) is 0 Å². The van der Waals surface area contributed by atoms with Crippen molar-refractivity contribution in [3.63, 3.8) is 0 Å². The van der Waals surface area contributed by atoms with Gasteiger partial charge in [-0.3, -0.25) is 0 Å². The number of rotatable bonds is 3. The van der Waals surface area contributed by atoms with Crippen LogP contribution in [0.1, 0.15) is 26.2 Å². The van der Waals surface area contributed by atoms with Gasteiger partial charge in [0.05, 0.1) is 5.76 Å². The van der Waals surface area contributed by atoms with Crippen molar-refractivity contribution in [2.24, 2.45) is 5.92 Å². The number of allylic oxidation sites excluding steroid dienone is 3. The molecule has 0 aromatic rings. The zero-order chi connectivity index (χ0) is 10.8. The molecule has 14 heavy (non-hydrogen) atoms. The Balaban J connectivity index is 2.47. The van der Waals surface area contributed by atoms with Gasteiger partial charge in [0.1, 0.15) is 0 Å². The van der Waals surface area contributed by atoms with E-state index < -0.39 is 8.32 Å². The Morgan fingerprint density at radius 1 is 1.50 bits per heavy atom. The van der Waals surface area contributed by atoms with Gasteiger partial charge in [-0.15, -0.1) is 0 Å². The van der Waals surface area contributed by atoms with E-state index in [1.54, 1.807) is 0 Å². The van der Waals surface area contributed by atoms with Gasteiger partial charge < -0.3 is 4.43 Å². The molecule has 0 heterocycles. The van der Waals surface area contributed by atoms with E-state index in [9.17, 15) is 0 Å². The molecule has 1 unspecified atom stereocenters. The molecule has 0 amide bonds. The molecule has 1 aliphatic carbocycles. The molecule has 0 aliphatic heterocycles. The fourth-order valence-electron chi connectivity index (χ4n) is 1.73. The first-order valence-corrected chi connectivity index (χ1v) is 8.83. The minimum absolute atomic E-state index is 0.561. The SMILES string of the molecule is C=C(O[Si](C)(C)C)C1CC=C(C)CC1. The van der Waals surface area contributed by atoms with Gasteiger partial charge in [-0.2, -0.15) is 0 Å². The average molecular weight is 210 g/mol. The van der Waals surface area contributed by atoms with Crippen molar-refractivity contribution in [1.82, 2.24) is 0 Å². The van der Waals surface area contributed by atoms with Gasteiger partial charge in [0, 0.05) is 5.92 Å². The van der Waals surface area contributed by atoms with Gasteiger partial charge in [0.2, 0.25) is 8.32 Å². The van der Waals surface area contributed by atoms with E-state index in [0.717, 1.165) is 12.2 Å². The molecular weight excluding hydrogens is 188 g/mol. The molecule has 1 nitrogen and oxygen atoms in total. The Bertz CT molecular complexity index is 248. The van der Waals surface area contributed by atoms with E-state index >= 15 is 0 Å². The third-order valence-corrected chi connectivity index (χ3v) is 3.41. The first-order valence-electron chi connectivity index (χ1n) is 5.42. The minimum Gasteiger partial charge on any atom is -0.548 e. The molecule has 0 fully saturated rings. The van der Waals surface area contributed by atoms with Crippen LogP contribution in [0.4, 0.5) is 0 Å². The summed E-state index contributed by atoms with van der Waals surface area (Å²) in [6, 6.07) is 0. The summed E-state index contributed by atoms with van der Waals surface area (Å²) in [6.07, 6.45) is 5.87. The van der Waals surface area contributed by atoms with Crippen LogP contribution in [0.5, 0.6) is 0 Å². The Morgan fingerprint density at radius 2 is 2.14 bits per heavy atom. The van der Waals surface area contributed by atoms with E-state index in [2.05, 4.69) is 39.2 Å². The maximum absolute atomic E-state index is 5.93. The average Bonchev–Trinajstić information content (AvgIpc) is 2.02. The van der Waals surface area contributed by atoms with E-state index in [4.69, 9.17) is 4.43 Å². The van der Waals surface area contributed by atoms with Crippen LogP contribution >= 0.6 is 0 Å². The highest BCUT2D eigenvalue weighted by atomic mass is 28.4. The highest BCUT2D eigenvalue weighted by Gasteiger charge is 2.22. The quantitative estimate of drug-likeness (QED) is 0.387. The van der Waals surface area contributed by atoms with E-state index in [-0.39, 0.29) is 0 Å². The lowest BCUT2D eigenvalue weighted by Crippen LogP contribution is -2.27. The lowest BCUT2D eigenvalue weighted by molar-refractivity contribution is 0.328. The van der Waals surface area contributed by atoms with Gasteiger partial charge in [-0.1, -0.05) is 18.2 Å². The first-order chi connectivity index (χ1) is 6.38. The van der Waals surface area contributed by atoms with Crippen molar-refractivity contribution in [1.29, 1.82) is 0 Å². The molecule has 0 saturated heterocycles. The molecule has 80 valence electrons. The van der Waals surface area contributed by atoms with Crippen LogP contribution in [0.2, 0.25) is 19.6 Å². The lowest BCUT2D eigenvalue weighted by Gasteiger charge is -2.28. The van der Waals surface area contributed by atoms with E-state index in [0.29, 0.717) is 5.92 Å². The molecule has 0 N–H and O–H groups in total. The van der Waals surface area contributed by atoms with Crippen molar-refractivity contribution < 1.29 is 4.43 Å². The highest BCUT2D eigenvalue weighted by Crippen LogP contribution is 2.30. The fraction of sp³-hybridized carbons (Fsp3) is 0.667. The number of hydrogen-bond acceptors (Lipinski definition) is 1. The van der Waals surface area contributed by atoms with E-state index in [1.165, 1.54) is 18.4 Å². The molecule has 2 heteroatoms. The van der Waals surface area contributed by atoms with Crippen LogP contribution in [0.15, 0.2) is 24.0 Å². The summed E-state index contributed by atoms with van der Waals surface area (Å²) in [7, 11) is -1.44. The molecular formula is C12H22OSi. The van der Waals surface area contributed by atoms with E-state index in [1.807, 2.05) is 0 Å². The topological polar surface area (TPSA) is 9.23 Å². The zero-order valence-electron chi connectivity index (χ0n) is 9.89. The van der Waals surface area contributed by atoms with Crippen molar-refractivity contribution in [3.05, 3.63) is 24.0 Å². The van der Waals surface area contributed by atoms with Crippen LogP contribution in [0.3, 0.4) is 0 Å². The van der Waals surface area contributed by atoms with Gasteiger partial charge in [-0.05, 0) is 45.8 Å². The molecule has 0 aromatic carbocycles. The molecule has 0 saturated carbocycles. The molecule has 1 atom stereocenters. The third-order valence-electron chi connectivity index (χ3n) is 2.53. The molecule has 1 aliphatic rings. The van der Waals surface area contributed by atoms with Gasteiger partial charge in [0.25, 0.3) is 0 Å². The van der Waals surface area contributed by atoms with Gasteiger partial charge in [-0.25, -0.2) is 0 Å². The Kier molecular flexibility index (Phi) is 3.59. The normalized spacial score (nSPS) is 22.9. The molecule has 0 bridgehead atoms. The second kappa shape index (κ2) is 4.35. The summed E-state index contributed by atoms with van der Waals surface area (Å²) < 4.78 is 5.93. The standard InChI is InChI=1S/C12H22OSi/c1-10-6-8-12(9-7-10)11(2)13-14(3,4)5/h6,12H,2,7-9H2,1,3-5H3. The van der Waals surface area contributed by atoms with Crippen LogP contribution in [-0.2, 0) is 4.43 Å². The van der Waals surface area contributed by atoms with Crippen LogP contribution < -0.4 is 0 Å². The summed E-state index contributed by atoms with van der Waals surface area (Å²) in [5.41, 5.74) is 1.52.